The third-order valence-electron chi connectivity index (χ3n) is 9.34. The minimum Gasteiger partial charge on any atom is -0.455 e. The highest BCUT2D eigenvalue weighted by molar-refractivity contribution is 6.12. The number of hydrogen-bond donors (Lipinski definition) is 2. The summed E-state index contributed by atoms with van der Waals surface area (Å²) < 4.78 is 41.7. The zero-order valence-electron chi connectivity index (χ0n) is 28.2. The van der Waals surface area contributed by atoms with E-state index in [4.69, 9.17) is 9.15 Å². The van der Waals surface area contributed by atoms with Gasteiger partial charge in [0, 0.05) is 43.2 Å². The van der Waals surface area contributed by atoms with Gasteiger partial charge in [-0.1, -0.05) is 49.7 Å². The number of ether oxygens (including phenoxy) is 1. The van der Waals surface area contributed by atoms with Crippen molar-refractivity contribution in [3.05, 3.63) is 143 Å². The van der Waals surface area contributed by atoms with Crippen molar-refractivity contribution in [1.29, 1.82) is 0 Å². The van der Waals surface area contributed by atoms with Crippen LogP contribution in [0.4, 0.5) is 8.78 Å². The maximum absolute atomic E-state index is 15.5. The molecule has 10 heteroatoms. The molecular weight excluding hydrogens is 650 g/mol. The molecule has 258 valence electrons. The first-order valence-corrected chi connectivity index (χ1v) is 16.9. The molecule has 0 bridgehead atoms. The summed E-state index contributed by atoms with van der Waals surface area (Å²) in [6.07, 6.45) is 5.38. The standard InChI is InChI=1S/C41H36F2N4O4/c1-3-8-27-20-35-33(36(39(49)44-2)37(51-35)26-11-14-29(42)15-12-26)21-31(27)28-13-16-34(43)32(19-28)38(48)47-41(40-45-17-7-18-46-40)22-30(23-41)50-24-25-9-5-4-6-10-25/h4-7,9-21,30H,3,8,22-24H2,1-2H3,(H,44,49)(H,47,48). The average molecular weight is 687 g/mol. The number of nitrogens with zero attached hydrogens (tertiary/aromatic N) is 2. The van der Waals surface area contributed by atoms with Crippen molar-refractivity contribution in [2.24, 2.45) is 0 Å². The zero-order valence-corrected chi connectivity index (χ0v) is 28.2. The molecule has 1 saturated carbocycles. The fourth-order valence-corrected chi connectivity index (χ4v) is 6.75. The van der Waals surface area contributed by atoms with Crippen LogP contribution in [0.25, 0.3) is 33.4 Å². The molecule has 0 spiro atoms. The lowest BCUT2D eigenvalue weighted by molar-refractivity contribution is -0.0665. The highest BCUT2D eigenvalue weighted by Gasteiger charge is 2.50. The fraction of sp³-hybridized carbons (Fsp3) is 0.220. The first kappa shape index (κ1) is 33.7. The zero-order chi connectivity index (χ0) is 35.5. The Labute approximate surface area is 293 Å². The number of benzene rings is 4. The third-order valence-corrected chi connectivity index (χ3v) is 9.34. The van der Waals surface area contributed by atoms with E-state index in [1.807, 2.05) is 49.4 Å². The van der Waals surface area contributed by atoms with Crippen LogP contribution in [0.3, 0.4) is 0 Å². The number of halogens is 2. The van der Waals surface area contributed by atoms with E-state index in [1.54, 1.807) is 36.7 Å². The molecule has 0 unspecified atom stereocenters. The van der Waals surface area contributed by atoms with Gasteiger partial charge >= 0.3 is 0 Å². The third kappa shape index (κ3) is 6.74. The SMILES string of the molecule is CCCc1cc2oc(-c3ccc(F)cc3)c(C(=O)NC)c2cc1-c1ccc(F)c(C(=O)NC2(c3ncccn3)CC(OCc3ccccc3)C2)c1. The Balaban J connectivity index is 1.23. The van der Waals surface area contributed by atoms with Crippen LogP contribution >= 0.6 is 0 Å². The Bertz CT molecular complexity index is 2200. The fourth-order valence-electron chi connectivity index (χ4n) is 6.75. The number of nitrogens with one attached hydrogen (secondary N) is 2. The van der Waals surface area contributed by atoms with Crippen LogP contribution in [0.1, 0.15) is 63.9 Å². The molecular formula is C41H36F2N4O4. The molecule has 2 amide bonds. The molecule has 4 aromatic carbocycles. The summed E-state index contributed by atoms with van der Waals surface area (Å²) in [4.78, 5) is 36.1. The molecule has 2 aromatic heterocycles. The summed E-state index contributed by atoms with van der Waals surface area (Å²) in [5.74, 6) is -1.32. The van der Waals surface area contributed by atoms with Gasteiger partial charge in [-0.3, -0.25) is 9.59 Å². The molecule has 51 heavy (non-hydrogen) atoms. The first-order chi connectivity index (χ1) is 24.8. The molecule has 0 aliphatic heterocycles. The van der Waals surface area contributed by atoms with Crippen LogP contribution < -0.4 is 10.6 Å². The number of fused-ring (bicyclic) bond motifs is 1. The van der Waals surface area contributed by atoms with Crippen molar-refractivity contribution in [2.45, 2.75) is 50.9 Å². The Hall–Kier alpha value is -5.74. The van der Waals surface area contributed by atoms with Gasteiger partial charge in [0.1, 0.15) is 28.5 Å². The molecule has 0 radical (unpaired) electrons. The lowest BCUT2D eigenvalue weighted by Gasteiger charge is -2.46. The second kappa shape index (κ2) is 14.2. The van der Waals surface area contributed by atoms with E-state index < -0.39 is 23.1 Å². The van der Waals surface area contributed by atoms with E-state index in [1.165, 1.54) is 31.3 Å². The van der Waals surface area contributed by atoms with E-state index in [-0.39, 0.29) is 17.6 Å². The van der Waals surface area contributed by atoms with Gasteiger partial charge in [0.2, 0.25) is 0 Å². The quantitative estimate of drug-likeness (QED) is 0.143. The van der Waals surface area contributed by atoms with Gasteiger partial charge in [0.05, 0.1) is 23.8 Å². The topological polar surface area (TPSA) is 106 Å². The maximum Gasteiger partial charge on any atom is 0.255 e. The van der Waals surface area contributed by atoms with Crippen LogP contribution in [0, 0.1) is 11.6 Å². The van der Waals surface area contributed by atoms with Gasteiger partial charge in [0.15, 0.2) is 5.82 Å². The molecule has 1 aliphatic rings. The van der Waals surface area contributed by atoms with Crippen LogP contribution in [0.15, 0.2) is 108 Å². The van der Waals surface area contributed by atoms with Crippen molar-refractivity contribution in [3.63, 3.8) is 0 Å². The van der Waals surface area contributed by atoms with Gasteiger partial charge in [-0.25, -0.2) is 18.7 Å². The van der Waals surface area contributed by atoms with Crippen molar-refractivity contribution in [2.75, 3.05) is 7.05 Å². The average Bonchev–Trinajstić information content (AvgIpc) is 3.51. The van der Waals surface area contributed by atoms with Gasteiger partial charge in [-0.15, -0.1) is 0 Å². The summed E-state index contributed by atoms with van der Waals surface area (Å²) in [6.45, 7) is 2.47. The van der Waals surface area contributed by atoms with Crippen LogP contribution in [0.5, 0.6) is 0 Å². The first-order valence-electron chi connectivity index (χ1n) is 16.9. The number of aryl methyl sites for hydroxylation is 1. The normalized spacial score (nSPS) is 16.8. The highest BCUT2D eigenvalue weighted by Crippen LogP contribution is 2.43. The van der Waals surface area contributed by atoms with Crippen LogP contribution in [-0.4, -0.2) is 34.9 Å². The number of aromatic nitrogens is 2. The van der Waals surface area contributed by atoms with Gasteiger partial charge in [-0.05, 0) is 83.3 Å². The second-order valence-electron chi connectivity index (χ2n) is 12.8. The molecule has 6 aromatic rings. The number of carbonyl (C=O) groups is 2. The lowest BCUT2D eigenvalue weighted by Crippen LogP contribution is -2.58. The Morgan fingerprint density at radius 1 is 0.902 bits per heavy atom. The molecule has 2 heterocycles. The predicted molar refractivity (Wildman–Crippen MR) is 190 cm³/mol. The van der Waals surface area contributed by atoms with Crippen molar-refractivity contribution in [3.8, 4) is 22.5 Å². The number of amides is 2. The Morgan fingerprint density at radius 2 is 1.63 bits per heavy atom. The summed E-state index contributed by atoms with van der Waals surface area (Å²) in [5.41, 5.74) is 3.52. The minimum atomic E-state index is -0.940. The number of furan rings is 1. The molecule has 1 aliphatic carbocycles. The van der Waals surface area contributed by atoms with Crippen molar-refractivity contribution >= 4 is 22.8 Å². The molecule has 2 N–H and O–H groups in total. The largest absolute Gasteiger partial charge is 0.455 e. The van der Waals surface area contributed by atoms with Gasteiger partial charge < -0.3 is 19.8 Å². The minimum absolute atomic E-state index is 0.135. The predicted octanol–water partition coefficient (Wildman–Crippen LogP) is 8.15. The van der Waals surface area contributed by atoms with Crippen LogP contribution in [0.2, 0.25) is 0 Å². The highest BCUT2D eigenvalue weighted by atomic mass is 19.1. The number of hydrogen-bond acceptors (Lipinski definition) is 6. The molecule has 0 atom stereocenters. The Kier molecular flexibility index (Phi) is 9.42. The van der Waals surface area contributed by atoms with Crippen molar-refractivity contribution < 1.29 is 27.5 Å². The lowest BCUT2D eigenvalue weighted by atomic mass is 9.73. The number of carbonyl (C=O) groups excluding carboxylic acids is 2. The molecule has 0 saturated heterocycles. The van der Waals surface area contributed by atoms with Gasteiger partial charge in [0.25, 0.3) is 11.8 Å². The Morgan fingerprint density at radius 3 is 2.33 bits per heavy atom. The van der Waals surface area contributed by atoms with E-state index in [2.05, 4.69) is 20.6 Å². The van der Waals surface area contributed by atoms with E-state index >= 15 is 4.39 Å². The molecule has 7 rings (SSSR count). The van der Waals surface area contributed by atoms with E-state index in [0.29, 0.717) is 65.1 Å². The molecule has 1 fully saturated rings. The maximum atomic E-state index is 15.5. The van der Waals surface area contributed by atoms with Crippen molar-refractivity contribution in [1.82, 2.24) is 20.6 Å². The summed E-state index contributed by atoms with van der Waals surface area (Å²) >= 11 is 0. The second-order valence-corrected chi connectivity index (χ2v) is 12.8. The van der Waals surface area contributed by atoms with Gasteiger partial charge in [-0.2, -0.15) is 0 Å². The summed E-state index contributed by atoms with van der Waals surface area (Å²) in [6, 6.07) is 25.4. The molecule has 8 nitrogen and oxygen atoms in total. The van der Waals surface area contributed by atoms with E-state index in [9.17, 15) is 14.0 Å². The smallest absolute Gasteiger partial charge is 0.255 e. The van der Waals surface area contributed by atoms with E-state index in [0.717, 1.165) is 23.1 Å². The summed E-state index contributed by atoms with van der Waals surface area (Å²) in [7, 11) is 1.53. The monoisotopic (exact) mass is 686 g/mol. The van der Waals surface area contributed by atoms with Crippen LogP contribution in [-0.2, 0) is 23.3 Å². The summed E-state index contributed by atoms with van der Waals surface area (Å²) in [5, 5.41) is 6.28. The number of rotatable bonds is 11.